The van der Waals surface area contributed by atoms with E-state index in [4.69, 9.17) is 9.47 Å². The molecule has 7 heteroatoms. The highest BCUT2D eigenvalue weighted by Gasteiger charge is 2.31. The number of benzene rings is 1. The minimum atomic E-state index is -0.711. The number of hydrogen-bond donors (Lipinski definition) is 1. The molecule has 1 unspecified atom stereocenters. The van der Waals surface area contributed by atoms with Crippen LogP contribution in [0.4, 0.5) is 0 Å². The van der Waals surface area contributed by atoms with Gasteiger partial charge in [0, 0.05) is 36.6 Å². The van der Waals surface area contributed by atoms with Gasteiger partial charge in [-0.15, -0.1) is 0 Å². The van der Waals surface area contributed by atoms with Crippen molar-refractivity contribution in [1.82, 2.24) is 9.88 Å². The lowest BCUT2D eigenvalue weighted by Gasteiger charge is -2.29. The number of nitrogens with one attached hydrogen (secondary N) is 1. The third kappa shape index (κ3) is 5.82. The van der Waals surface area contributed by atoms with Crippen LogP contribution in [-0.4, -0.2) is 60.0 Å². The normalized spacial score (nSPS) is 11.8. The number of ketones is 1. The SMILES string of the molecule is CCOCCCN(C(=O)c1ccccc1)C(C)C(=O)c1c(C)[nH]c(C(=O)OCC)c1C. The Bertz CT molecular complexity index is 904. The van der Waals surface area contributed by atoms with Gasteiger partial charge in [-0.2, -0.15) is 0 Å². The molecule has 0 saturated heterocycles. The summed E-state index contributed by atoms with van der Waals surface area (Å²) in [4.78, 5) is 43.4. The van der Waals surface area contributed by atoms with E-state index < -0.39 is 12.0 Å². The Kier molecular flexibility index (Phi) is 9.00. The number of hydrogen-bond acceptors (Lipinski definition) is 5. The first-order valence-corrected chi connectivity index (χ1v) is 10.7. The number of carbonyl (C=O) groups is 3. The number of nitrogens with zero attached hydrogens (tertiary/aromatic N) is 1. The van der Waals surface area contributed by atoms with Crippen LogP contribution >= 0.6 is 0 Å². The molecule has 1 N–H and O–H groups in total. The molecule has 0 aliphatic carbocycles. The molecule has 0 aliphatic rings. The zero-order valence-electron chi connectivity index (χ0n) is 19.0. The molecular weight excluding hydrogens is 396 g/mol. The maximum Gasteiger partial charge on any atom is 0.355 e. The van der Waals surface area contributed by atoms with Crippen LogP contribution in [0.3, 0.4) is 0 Å². The molecule has 1 heterocycles. The van der Waals surface area contributed by atoms with Gasteiger partial charge < -0.3 is 19.4 Å². The number of carbonyl (C=O) groups excluding carboxylic acids is 3. The zero-order chi connectivity index (χ0) is 23.0. The van der Waals surface area contributed by atoms with Gasteiger partial charge in [0.2, 0.25) is 0 Å². The first-order valence-electron chi connectivity index (χ1n) is 10.7. The summed E-state index contributed by atoms with van der Waals surface area (Å²) in [6.45, 7) is 10.6. The van der Waals surface area contributed by atoms with E-state index in [0.29, 0.717) is 48.6 Å². The summed E-state index contributed by atoms with van der Waals surface area (Å²) in [5, 5.41) is 0. The van der Waals surface area contributed by atoms with E-state index in [1.54, 1.807) is 56.9 Å². The molecule has 0 spiro atoms. The fourth-order valence-corrected chi connectivity index (χ4v) is 3.58. The molecule has 1 atom stereocenters. The maximum absolute atomic E-state index is 13.4. The summed E-state index contributed by atoms with van der Waals surface area (Å²) in [6, 6.07) is 8.20. The summed E-state index contributed by atoms with van der Waals surface area (Å²) in [5.41, 5.74) is 2.33. The average molecular weight is 429 g/mol. The molecule has 0 saturated carbocycles. The van der Waals surface area contributed by atoms with Crippen molar-refractivity contribution in [2.75, 3.05) is 26.4 Å². The van der Waals surface area contributed by atoms with Gasteiger partial charge in [-0.25, -0.2) is 4.79 Å². The lowest BCUT2D eigenvalue weighted by molar-refractivity contribution is 0.0518. The van der Waals surface area contributed by atoms with Gasteiger partial charge in [0.05, 0.1) is 12.6 Å². The Hall–Kier alpha value is -2.93. The van der Waals surface area contributed by atoms with Gasteiger partial charge in [-0.3, -0.25) is 9.59 Å². The molecule has 168 valence electrons. The molecule has 0 radical (unpaired) electrons. The van der Waals surface area contributed by atoms with E-state index >= 15 is 0 Å². The number of aromatic nitrogens is 1. The summed E-state index contributed by atoms with van der Waals surface area (Å²) in [5.74, 6) is -0.930. The molecule has 0 fully saturated rings. The van der Waals surface area contributed by atoms with E-state index in [2.05, 4.69) is 4.98 Å². The van der Waals surface area contributed by atoms with Gasteiger partial charge >= 0.3 is 5.97 Å². The van der Waals surface area contributed by atoms with E-state index in [-0.39, 0.29) is 24.0 Å². The number of H-pyrrole nitrogens is 1. The second kappa shape index (κ2) is 11.5. The smallest absolute Gasteiger partial charge is 0.355 e. The number of rotatable bonds is 11. The minimum absolute atomic E-state index is 0.214. The number of amides is 1. The van der Waals surface area contributed by atoms with Crippen molar-refractivity contribution in [3.05, 3.63) is 58.4 Å². The van der Waals surface area contributed by atoms with Gasteiger partial charge in [-0.1, -0.05) is 18.2 Å². The minimum Gasteiger partial charge on any atom is -0.461 e. The first kappa shape index (κ1) is 24.3. The summed E-state index contributed by atoms with van der Waals surface area (Å²) in [6.07, 6.45) is 0.614. The molecule has 1 amide bonds. The number of aryl methyl sites for hydroxylation is 1. The van der Waals surface area contributed by atoms with Crippen LogP contribution in [0.1, 0.15) is 69.7 Å². The first-order chi connectivity index (χ1) is 14.8. The third-order valence-electron chi connectivity index (χ3n) is 5.18. The zero-order valence-corrected chi connectivity index (χ0v) is 19.0. The topological polar surface area (TPSA) is 88.7 Å². The van der Waals surface area contributed by atoms with Gasteiger partial charge in [-0.05, 0) is 58.7 Å². The van der Waals surface area contributed by atoms with Crippen LogP contribution in [-0.2, 0) is 9.47 Å². The van der Waals surface area contributed by atoms with Crippen molar-refractivity contribution in [3.8, 4) is 0 Å². The molecule has 2 rings (SSSR count). The van der Waals surface area contributed by atoms with Crippen molar-refractivity contribution < 1.29 is 23.9 Å². The van der Waals surface area contributed by atoms with Crippen LogP contribution in [0.2, 0.25) is 0 Å². The molecule has 1 aromatic carbocycles. The molecule has 1 aromatic heterocycles. The average Bonchev–Trinajstić information content (AvgIpc) is 3.07. The molecule has 0 aliphatic heterocycles. The van der Waals surface area contributed by atoms with Crippen molar-refractivity contribution in [3.63, 3.8) is 0 Å². The van der Waals surface area contributed by atoms with Crippen LogP contribution < -0.4 is 0 Å². The monoisotopic (exact) mass is 428 g/mol. The highest BCUT2D eigenvalue weighted by atomic mass is 16.5. The Morgan fingerprint density at radius 3 is 2.35 bits per heavy atom. The van der Waals surface area contributed by atoms with Crippen LogP contribution in [0, 0.1) is 13.8 Å². The second-order valence-electron chi connectivity index (χ2n) is 7.30. The molecule has 2 aromatic rings. The second-order valence-corrected chi connectivity index (χ2v) is 7.30. The lowest BCUT2D eigenvalue weighted by Crippen LogP contribution is -2.44. The van der Waals surface area contributed by atoms with E-state index in [9.17, 15) is 14.4 Å². The van der Waals surface area contributed by atoms with Gasteiger partial charge in [0.25, 0.3) is 5.91 Å². The highest BCUT2D eigenvalue weighted by Crippen LogP contribution is 2.23. The van der Waals surface area contributed by atoms with Crippen LogP contribution in [0.15, 0.2) is 30.3 Å². The third-order valence-corrected chi connectivity index (χ3v) is 5.18. The van der Waals surface area contributed by atoms with Gasteiger partial charge in [0.15, 0.2) is 5.78 Å². The Morgan fingerprint density at radius 1 is 1.06 bits per heavy atom. The Labute approximate surface area is 183 Å². The van der Waals surface area contributed by atoms with Crippen molar-refractivity contribution in [1.29, 1.82) is 0 Å². The number of aromatic amines is 1. The quantitative estimate of drug-likeness (QED) is 0.333. The van der Waals surface area contributed by atoms with Crippen molar-refractivity contribution in [2.24, 2.45) is 0 Å². The van der Waals surface area contributed by atoms with Crippen LogP contribution in [0.5, 0.6) is 0 Å². The summed E-state index contributed by atoms with van der Waals surface area (Å²) >= 11 is 0. The Balaban J connectivity index is 2.33. The summed E-state index contributed by atoms with van der Waals surface area (Å²) < 4.78 is 10.5. The molecular formula is C24H32N2O5. The predicted molar refractivity (Wildman–Crippen MR) is 119 cm³/mol. The highest BCUT2D eigenvalue weighted by molar-refractivity contribution is 6.07. The van der Waals surface area contributed by atoms with Crippen molar-refractivity contribution >= 4 is 17.7 Å². The number of esters is 1. The fraction of sp³-hybridized carbons (Fsp3) is 0.458. The molecule has 0 bridgehead atoms. The molecule has 7 nitrogen and oxygen atoms in total. The van der Waals surface area contributed by atoms with E-state index in [1.807, 2.05) is 13.0 Å². The Morgan fingerprint density at radius 2 is 1.74 bits per heavy atom. The maximum atomic E-state index is 13.4. The number of Topliss-reactive ketones (excluding diaryl/α,β-unsaturated/α-hetero) is 1. The van der Waals surface area contributed by atoms with E-state index in [0.717, 1.165) is 0 Å². The van der Waals surface area contributed by atoms with E-state index in [1.165, 1.54) is 0 Å². The fourth-order valence-electron chi connectivity index (χ4n) is 3.58. The summed E-state index contributed by atoms with van der Waals surface area (Å²) in [7, 11) is 0. The predicted octanol–water partition coefficient (Wildman–Crippen LogP) is 3.95. The number of ether oxygens (including phenoxy) is 2. The van der Waals surface area contributed by atoms with Crippen molar-refractivity contribution in [2.45, 2.75) is 47.1 Å². The lowest BCUT2D eigenvalue weighted by atomic mass is 9.99. The largest absolute Gasteiger partial charge is 0.461 e. The molecule has 31 heavy (non-hydrogen) atoms. The standard InChI is InChI=1S/C24H32N2O5/c1-6-30-15-11-14-26(23(28)19-12-9-8-10-13-19)18(5)22(27)20-16(3)21(25-17(20)4)24(29)31-7-2/h8-10,12-13,18,25H,6-7,11,14-15H2,1-5H3. The van der Waals surface area contributed by atoms with Gasteiger partial charge in [0.1, 0.15) is 5.69 Å². The van der Waals surface area contributed by atoms with Crippen LogP contribution in [0.25, 0.3) is 0 Å².